The van der Waals surface area contributed by atoms with Crippen molar-refractivity contribution in [2.45, 2.75) is 46.2 Å². The molecule has 0 aliphatic carbocycles. The molecule has 1 aliphatic heterocycles. The van der Waals surface area contributed by atoms with E-state index in [9.17, 15) is 9.59 Å². The summed E-state index contributed by atoms with van der Waals surface area (Å²) in [6, 6.07) is 17.7. The van der Waals surface area contributed by atoms with Gasteiger partial charge in [0.2, 0.25) is 0 Å². The zero-order chi connectivity index (χ0) is 26.6. The van der Waals surface area contributed by atoms with Gasteiger partial charge >= 0.3 is 11.9 Å². The fraction of sp³-hybridized carbons (Fsp3) is 0.345. The Bertz CT molecular complexity index is 1290. The van der Waals surface area contributed by atoms with Crippen LogP contribution >= 0.6 is 11.3 Å². The van der Waals surface area contributed by atoms with Gasteiger partial charge in [0.15, 0.2) is 5.13 Å². The van der Waals surface area contributed by atoms with Crippen LogP contribution in [0.1, 0.15) is 44.7 Å². The normalized spacial score (nSPS) is 21.2. The maximum atomic E-state index is 13.6. The third kappa shape index (κ3) is 5.54. The molecule has 2 aromatic carbocycles. The summed E-state index contributed by atoms with van der Waals surface area (Å²) in [4.78, 5) is 31.6. The number of thiazole rings is 1. The molecule has 7 nitrogen and oxygen atoms in total. The number of benzene rings is 2. The van der Waals surface area contributed by atoms with Crippen LogP contribution in [-0.2, 0) is 19.1 Å². The second-order valence-corrected chi connectivity index (χ2v) is 10.1. The number of aryl methyl sites for hydroxylation is 1. The lowest BCUT2D eigenvalue weighted by Gasteiger charge is -2.46. The Morgan fingerprint density at radius 3 is 2.35 bits per heavy atom. The number of carbonyl (C=O) groups is 2. The Kier molecular flexibility index (Phi) is 7.97. The fourth-order valence-corrected chi connectivity index (χ4v) is 5.73. The van der Waals surface area contributed by atoms with Crippen LogP contribution in [0.15, 0.2) is 71.2 Å². The summed E-state index contributed by atoms with van der Waals surface area (Å²) < 4.78 is 11.0. The van der Waals surface area contributed by atoms with E-state index >= 15 is 0 Å². The number of aromatic nitrogens is 1. The fourth-order valence-electron chi connectivity index (χ4n) is 4.90. The summed E-state index contributed by atoms with van der Waals surface area (Å²) in [5.41, 5.74) is 3.93. The topological polar surface area (TPSA) is 89.5 Å². The van der Waals surface area contributed by atoms with E-state index in [4.69, 9.17) is 14.5 Å². The molecule has 0 spiro atoms. The summed E-state index contributed by atoms with van der Waals surface area (Å²) in [5.74, 6) is -2.24. The zero-order valence-corrected chi connectivity index (χ0v) is 22.6. The van der Waals surface area contributed by atoms with E-state index in [0.717, 1.165) is 16.8 Å². The van der Waals surface area contributed by atoms with Gasteiger partial charge in [-0.25, -0.2) is 9.78 Å². The molecular formula is C29H33N3O4S. The molecule has 0 saturated carbocycles. The second-order valence-electron chi connectivity index (χ2n) is 9.23. The number of esters is 2. The van der Waals surface area contributed by atoms with Gasteiger partial charge in [-0.05, 0) is 40.2 Å². The second kappa shape index (κ2) is 11.2. The van der Waals surface area contributed by atoms with Crippen LogP contribution in [0, 0.1) is 12.8 Å². The SMILES string of the molecule is CCOC(=O)C1=C(C)NC(C)(Nc2nc(-c3ccc(C)cc3)cs2)C(C(=O)OCC)C1c1ccccc1. The van der Waals surface area contributed by atoms with Crippen molar-refractivity contribution in [1.29, 1.82) is 0 Å². The van der Waals surface area contributed by atoms with Crippen LogP contribution in [0.25, 0.3) is 11.3 Å². The van der Waals surface area contributed by atoms with Crippen LogP contribution in [0.4, 0.5) is 5.13 Å². The molecule has 0 fully saturated rings. The highest BCUT2D eigenvalue weighted by Gasteiger charge is 2.52. The molecular weight excluding hydrogens is 486 g/mol. The van der Waals surface area contributed by atoms with Gasteiger partial charge in [-0.1, -0.05) is 60.2 Å². The molecule has 3 unspecified atom stereocenters. The van der Waals surface area contributed by atoms with Crippen molar-refractivity contribution in [2.75, 3.05) is 18.5 Å². The van der Waals surface area contributed by atoms with E-state index in [2.05, 4.69) is 22.8 Å². The molecule has 0 radical (unpaired) electrons. The highest BCUT2D eigenvalue weighted by Crippen LogP contribution is 2.45. The van der Waals surface area contributed by atoms with Gasteiger partial charge in [0.25, 0.3) is 0 Å². The van der Waals surface area contributed by atoms with Crippen molar-refractivity contribution in [3.8, 4) is 11.3 Å². The van der Waals surface area contributed by atoms with E-state index in [1.54, 1.807) is 13.8 Å². The van der Waals surface area contributed by atoms with Crippen molar-refractivity contribution < 1.29 is 19.1 Å². The summed E-state index contributed by atoms with van der Waals surface area (Å²) in [6.45, 7) is 9.79. The maximum Gasteiger partial charge on any atom is 0.336 e. The molecule has 3 aromatic rings. The van der Waals surface area contributed by atoms with Crippen LogP contribution < -0.4 is 10.6 Å². The monoisotopic (exact) mass is 519 g/mol. The first-order chi connectivity index (χ1) is 17.8. The standard InChI is InChI=1S/C29H33N3O4S/c1-6-35-26(33)23-19(4)31-29(5,25(27(34)36-7-2)24(23)21-11-9-8-10-12-21)32-28-30-22(17-37-28)20-15-13-18(3)14-16-20/h8-17,24-25,31H,6-7H2,1-5H3,(H,30,32). The first-order valence-corrected chi connectivity index (χ1v) is 13.3. The highest BCUT2D eigenvalue weighted by molar-refractivity contribution is 7.14. The molecule has 2 N–H and O–H groups in total. The molecule has 194 valence electrons. The third-order valence-electron chi connectivity index (χ3n) is 6.53. The van der Waals surface area contributed by atoms with Gasteiger partial charge in [0.1, 0.15) is 11.6 Å². The number of nitrogens with one attached hydrogen (secondary N) is 2. The minimum atomic E-state index is -1.00. The Balaban J connectivity index is 1.79. The lowest BCUT2D eigenvalue weighted by atomic mass is 9.71. The largest absolute Gasteiger partial charge is 0.466 e. The Labute approximate surface area is 221 Å². The predicted molar refractivity (Wildman–Crippen MR) is 146 cm³/mol. The lowest BCUT2D eigenvalue weighted by molar-refractivity contribution is -0.152. The number of anilines is 1. The minimum Gasteiger partial charge on any atom is -0.466 e. The molecule has 1 aliphatic rings. The summed E-state index contributed by atoms with van der Waals surface area (Å²) in [6.07, 6.45) is 0. The van der Waals surface area contributed by atoms with Crippen molar-refractivity contribution >= 4 is 28.4 Å². The maximum absolute atomic E-state index is 13.6. The Morgan fingerprint density at radius 1 is 1.03 bits per heavy atom. The first-order valence-electron chi connectivity index (χ1n) is 12.5. The van der Waals surface area contributed by atoms with E-state index in [0.29, 0.717) is 16.4 Å². The van der Waals surface area contributed by atoms with Crippen LogP contribution in [-0.4, -0.2) is 35.8 Å². The van der Waals surface area contributed by atoms with E-state index in [1.165, 1.54) is 16.9 Å². The van der Waals surface area contributed by atoms with E-state index in [-0.39, 0.29) is 13.2 Å². The number of allylic oxidation sites excluding steroid dienone is 1. The molecule has 2 heterocycles. The molecule has 3 atom stereocenters. The molecule has 37 heavy (non-hydrogen) atoms. The number of ether oxygens (including phenoxy) is 2. The lowest BCUT2D eigenvalue weighted by Crippen LogP contribution is -2.62. The van der Waals surface area contributed by atoms with Gasteiger partial charge in [0.05, 0.1) is 24.5 Å². The van der Waals surface area contributed by atoms with Crippen LogP contribution in [0.3, 0.4) is 0 Å². The molecule has 1 aromatic heterocycles. The van der Waals surface area contributed by atoms with E-state index in [1.807, 2.05) is 68.6 Å². The zero-order valence-electron chi connectivity index (χ0n) is 21.8. The van der Waals surface area contributed by atoms with Crippen molar-refractivity contribution in [3.63, 3.8) is 0 Å². The van der Waals surface area contributed by atoms with Crippen molar-refractivity contribution in [3.05, 3.63) is 82.4 Å². The van der Waals surface area contributed by atoms with Crippen molar-refractivity contribution in [1.82, 2.24) is 10.3 Å². The number of hydrogen-bond acceptors (Lipinski definition) is 8. The summed E-state index contributed by atoms with van der Waals surface area (Å²) >= 11 is 1.46. The third-order valence-corrected chi connectivity index (χ3v) is 7.29. The number of hydrogen-bond donors (Lipinski definition) is 2. The van der Waals surface area contributed by atoms with Crippen LogP contribution in [0.2, 0.25) is 0 Å². The quantitative estimate of drug-likeness (QED) is 0.372. The number of rotatable bonds is 8. The Morgan fingerprint density at radius 2 is 1.70 bits per heavy atom. The first kappa shape index (κ1) is 26.4. The molecule has 0 saturated heterocycles. The summed E-state index contributed by atoms with van der Waals surface area (Å²) in [7, 11) is 0. The molecule has 4 rings (SSSR count). The predicted octanol–water partition coefficient (Wildman–Crippen LogP) is 5.65. The summed E-state index contributed by atoms with van der Waals surface area (Å²) in [5, 5.41) is 9.53. The molecule has 8 heteroatoms. The van der Waals surface area contributed by atoms with Gasteiger partial charge in [-0.3, -0.25) is 4.79 Å². The van der Waals surface area contributed by atoms with Crippen molar-refractivity contribution in [2.24, 2.45) is 5.92 Å². The average Bonchev–Trinajstić information content (AvgIpc) is 3.32. The minimum absolute atomic E-state index is 0.221. The number of nitrogens with zero attached hydrogens (tertiary/aromatic N) is 1. The van der Waals surface area contributed by atoms with Crippen LogP contribution in [0.5, 0.6) is 0 Å². The number of carbonyl (C=O) groups excluding carboxylic acids is 2. The molecule has 0 amide bonds. The Hall–Kier alpha value is -3.65. The van der Waals surface area contributed by atoms with Gasteiger partial charge in [-0.15, -0.1) is 11.3 Å². The average molecular weight is 520 g/mol. The van der Waals surface area contributed by atoms with Gasteiger partial charge in [-0.2, -0.15) is 0 Å². The van der Waals surface area contributed by atoms with E-state index < -0.39 is 29.4 Å². The van der Waals surface area contributed by atoms with Gasteiger partial charge in [0, 0.05) is 22.6 Å². The molecule has 0 bridgehead atoms. The highest BCUT2D eigenvalue weighted by atomic mass is 32.1. The van der Waals surface area contributed by atoms with Gasteiger partial charge < -0.3 is 20.1 Å². The smallest absolute Gasteiger partial charge is 0.336 e.